The molecule has 0 aromatic carbocycles. The number of thiazole rings is 1. The molecule has 1 saturated carbocycles. The summed E-state index contributed by atoms with van der Waals surface area (Å²) in [5.41, 5.74) is 1.26. The number of hydrogen-bond donors (Lipinski definition) is 1. The van der Waals surface area contributed by atoms with E-state index in [4.69, 9.17) is 4.74 Å². The molecule has 3 fully saturated rings. The van der Waals surface area contributed by atoms with E-state index in [1.807, 2.05) is 11.8 Å². The van der Waals surface area contributed by atoms with Crippen molar-refractivity contribution in [3.05, 3.63) is 11.1 Å². The summed E-state index contributed by atoms with van der Waals surface area (Å²) < 4.78 is 5.45. The van der Waals surface area contributed by atoms with Crippen LogP contribution in [0, 0.1) is 6.92 Å². The van der Waals surface area contributed by atoms with Crippen molar-refractivity contribution in [3.63, 3.8) is 0 Å². The summed E-state index contributed by atoms with van der Waals surface area (Å²) in [4.78, 5) is 23.8. The van der Waals surface area contributed by atoms with Crippen LogP contribution in [0.3, 0.4) is 0 Å². The van der Waals surface area contributed by atoms with Gasteiger partial charge in [0.2, 0.25) is 0 Å². The van der Waals surface area contributed by atoms with Gasteiger partial charge < -0.3 is 19.9 Å². The van der Waals surface area contributed by atoms with Gasteiger partial charge in [-0.2, -0.15) is 0 Å². The third-order valence-corrected chi connectivity index (χ3v) is 6.54. The van der Waals surface area contributed by atoms with E-state index < -0.39 is 0 Å². The molecule has 0 radical (unpaired) electrons. The Hall–Kier alpha value is -1.38. The standard InChI is InChI=1S/C17H27N5O2S/c1-14-12-25-16(19-14)21-6-4-20(5-7-21)15(23)18-13-17(2-3-17)22-8-10-24-11-9-22/h12H,2-11,13H2,1H3,(H,18,23). The Morgan fingerprint density at radius 2 is 1.96 bits per heavy atom. The van der Waals surface area contributed by atoms with E-state index in [2.05, 4.69) is 25.5 Å². The lowest BCUT2D eigenvalue weighted by atomic mass is 10.2. The highest BCUT2D eigenvalue weighted by Crippen LogP contribution is 2.41. The number of rotatable bonds is 4. The van der Waals surface area contributed by atoms with Gasteiger partial charge in [0.05, 0.1) is 18.9 Å². The molecule has 0 atom stereocenters. The van der Waals surface area contributed by atoms with Crippen molar-refractivity contribution < 1.29 is 9.53 Å². The minimum Gasteiger partial charge on any atom is -0.379 e. The SMILES string of the molecule is Cc1csc(N2CCN(C(=O)NCC3(N4CCOCC4)CC3)CC2)n1. The number of ether oxygens (including phenoxy) is 1. The van der Waals surface area contributed by atoms with Crippen LogP contribution in [0.25, 0.3) is 0 Å². The number of carbonyl (C=O) groups is 1. The van der Waals surface area contributed by atoms with Crippen LogP contribution in [0.1, 0.15) is 18.5 Å². The number of nitrogens with zero attached hydrogens (tertiary/aromatic N) is 4. The van der Waals surface area contributed by atoms with E-state index in [1.54, 1.807) is 11.3 Å². The molecule has 1 aromatic heterocycles. The van der Waals surface area contributed by atoms with E-state index in [9.17, 15) is 4.79 Å². The van der Waals surface area contributed by atoms with Crippen molar-refractivity contribution in [1.29, 1.82) is 0 Å². The molecule has 138 valence electrons. The van der Waals surface area contributed by atoms with Crippen molar-refractivity contribution in [2.75, 3.05) is 63.9 Å². The molecule has 2 aliphatic heterocycles. The van der Waals surface area contributed by atoms with Crippen molar-refractivity contribution >= 4 is 22.5 Å². The van der Waals surface area contributed by atoms with Crippen LogP contribution >= 0.6 is 11.3 Å². The fourth-order valence-electron chi connectivity index (χ4n) is 3.73. The van der Waals surface area contributed by atoms with Crippen molar-refractivity contribution in [2.45, 2.75) is 25.3 Å². The number of hydrogen-bond acceptors (Lipinski definition) is 6. The number of nitrogens with one attached hydrogen (secondary N) is 1. The smallest absolute Gasteiger partial charge is 0.317 e. The Labute approximate surface area is 152 Å². The fraction of sp³-hybridized carbons (Fsp3) is 0.765. The van der Waals surface area contributed by atoms with Crippen LogP contribution in [0.15, 0.2) is 5.38 Å². The first-order chi connectivity index (χ1) is 12.2. The molecule has 0 bridgehead atoms. The lowest BCUT2D eigenvalue weighted by molar-refractivity contribution is 0.00999. The highest BCUT2D eigenvalue weighted by atomic mass is 32.1. The second kappa shape index (κ2) is 7.09. The third kappa shape index (κ3) is 3.75. The topological polar surface area (TPSA) is 60.9 Å². The fourth-order valence-corrected chi connectivity index (χ4v) is 4.58. The van der Waals surface area contributed by atoms with E-state index in [-0.39, 0.29) is 11.6 Å². The first-order valence-corrected chi connectivity index (χ1v) is 10.1. The molecule has 2 amide bonds. The van der Waals surface area contributed by atoms with Crippen LogP contribution in [-0.4, -0.2) is 85.4 Å². The number of aromatic nitrogens is 1. The van der Waals surface area contributed by atoms with E-state index >= 15 is 0 Å². The first kappa shape index (κ1) is 17.1. The Morgan fingerprint density at radius 3 is 2.56 bits per heavy atom. The number of urea groups is 1. The predicted octanol–water partition coefficient (Wildman–Crippen LogP) is 1.15. The number of anilines is 1. The van der Waals surface area contributed by atoms with E-state index in [0.29, 0.717) is 0 Å². The molecule has 4 rings (SSSR count). The zero-order valence-electron chi connectivity index (χ0n) is 14.9. The minimum atomic E-state index is 0.0782. The van der Waals surface area contributed by atoms with Gasteiger partial charge >= 0.3 is 6.03 Å². The summed E-state index contributed by atoms with van der Waals surface area (Å²) in [7, 11) is 0. The van der Waals surface area contributed by atoms with E-state index in [1.165, 1.54) is 12.8 Å². The number of morpholine rings is 1. The van der Waals surface area contributed by atoms with Gasteiger partial charge in [0.25, 0.3) is 0 Å². The second-order valence-corrected chi connectivity index (χ2v) is 8.06. The molecule has 3 heterocycles. The molecule has 0 unspecified atom stereocenters. The highest BCUT2D eigenvalue weighted by molar-refractivity contribution is 7.13. The Kier molecular flexibility index (Phi) is 4.84. The maximum Gasteiger partial charge on any atom is 0.317 e. The normalized spacial score (nSPS) is 23.6. The Morgan fingerprint density at radius 1 is 1.24 bits per heavy atom. The van der Waals surface area contributed by atoms with Gasteiger partial charge in [-0.3, -0.25) is 4.90 Å². The maximum atomic E-state index is 12.5. The molecule has 25 heavy (non-hydrogen) atoms. The van der Waals surface area contributed by atoms with Gasteiger partial charge in [-0.05, 0) is 19.8 Å². The van der Waals surface area contributed by atoms with Crippen molar-refractivity contribution in [1.82, 2.24) is 20.1 Å². The predicted molar refractivity (Wildman–Crippen MR) is 98.4 cm³/mol. The highest BCUT2D eigenvalue weighted by Gasteiger charge is 2.48. The van der Waals surface area contributed by atoms with Crippen molar-refractivity contribution in [2.24, 2.45) is 0 Å². The molecule has 3 aliphatic rings. The molecule has 2 saturated heterocycles. The lowest BCUT2D eigenvalue weighted by Crippen LogP contribution is -2.55. The van der Waals surface area contributed by atoms with Crippen LogP contribution in [0.4, 0.5) is 9.93 Å². The molecule has 8 heteroatoms. The molecule has 1 aliphatic carbocycles. The second-order valence-electron chi connectivity index (χ2n) is 7.23. The Bertz CT molecular complexity index is 604. The largest absolute Gasteiger partial charge is 0.379 e. The summed E-state index contributed by atoms with van der Waals surface area (Å²) in [5, 5.41) is 6.33. The molecule has 7 nitrogen and oxygen atoms in total. The Balaban J connectivity index is 1.24. The van der Waals surface area contributed by atoms with Crippen molar-refractivity contribution in [3.8, 4) is 0 Å². The third-order valence-electron chi connectivity index (χ3n) is 5.52. The van der Waals surface area contributed by atoms with Crippen LogP contribution < -0.4 is 10.2 Å². The zero-order valence-corrected chi connectivity index (χ0v) is 15.7. The summed E-state index contributed by atoms with van der Waals surface area (Å²) in [6, 6.07) is 0.0782. The average Bonchev–Trinajstić information content (AvgIpc) is 3.34. The van der Waals surface area contributed by atoms with Gasteiger partial charge in [-0.25, -0.2) is 9.78 Å². The lowest BCUT2D eigenvalue weighted by Gasteiger charge is -2.37. The molecular formula is C17H27N5O2S. The summed E-state index contributed by atoms with van der Waals surface area (Å²) in [6.45, 7) is 9.61. The average molecular weight is 366 g/mol. The van der Waals surface area contributed by atoms with Crippen LogP contribution in [0.5, 0.6) is 0 Å². The summed E-state index contributed by atoms with van der Waals surface area (Å²) in [6.07, 6.45) is 2.37. The van der Waals surface area contributed by atoms with Gasteiger partial charge in [0, 0.05) is 56.7 Å². The zero-order chi connectivity index (χ0) is 17.3. The van der Waals surface area contributed by atoms with Gasteiger partial charge in [-0.1, -0.05) is 0 Å². The number of piperazine rings is 1. The molecule has 0 spiro atoms. The summed E-state index contributed by atoms with van der Waals surface area (Å²) in [5.74, 6) is 0. The maximum absolute atomic E-state index is 12.5. The minimum absolute atomic E-state index is 0.0782. The first-order valence-electron chi connectivity index (χ1n) is 9.19. The molecular weight excluding hydrogens is 338 g/mol. The number of carbonyl (C=O) groups excluding carboxylic acids is 1. The van der Waals surface area contributed by atoms with Gasteiger partial charge in [0.1, 0.15) is 0 Å². The molecule has 1 N–H and O–H groups in total. The number of amides is 2. The monoisotopic (exact) mass is 365 g/mol. The van der Waals surface area contributed by atoms with Crippen LogP contribution in [-0.2, 0) is 4.74 Å². The summed E-state index contributed by atoms with van der Waals surface area (Å²) >= 11 is 1.68. The van der Waals surface area contributed by atoms with E-state index in [0.717, 1.165) is 69.9 Å². The quantitative estimate of drug-likeness (QED) is 0.867. The van der Waals surface area contributed by atoms with Gasteiger partial charge in [-0.15, -0.1) is 11.3 Å². The van der Waals surface area contributed by atoms with Gasteiger partial charge in [0.15, 0.2) is 5.13 Å². The molecule has 1 aromatic rings. The van der Waals surface area contributed by atoms with Crippen LogP contribution in [0.2, 0.25) is 0 Å². The number of aryl methyl sites for hydroxylation is 1.